The average Bonchev–Trinajstić information content (AvgIpc) is 3.31. The highest BCUT2D eigenvalue weighted by Gasteiger charge is 2.55. The van der Waals surface area contributed by atoms with Crippen LogP contribution in [0.3, 0.4) is 0 Å². The molecule has 0 bridgehead atoms. The molecule has 5 rings (SSSR count). The van der Waals surface area contributed by atoms with Crippen molar-refractivity contribution >= 4 is 23.7 Å². The van der Waals surface area contributed by atoms with Gasteiger partial charge in [0.2, 0.25) is 5.91 Å². The maximum absolute atomic E-state index is 13.3. The summed E-state index contributed by atoms with van der Waals surface area (Å²) in [6.07, 6.45) is 4.21. The molecule has 10 nitrogen and oxygen atoms in total. The molecule has 2 aliphatic heterocycles. The molecule has 2 fully saturated rings. The Morgan fingerprint density at radius 2 is 2.03 bits per heavy atom. The Morgan fingerprint density at radius 3 is 2.82 bits per heavy atom. The maximum atomic E-state index is 13.3. The molecule has 1 spiro atoms. The number of fused-ring (bicyclic) bond motifs is 2. The molecule has 3 aliphatic rings. The summed E-state index contributed by atoms with van der Waals surface area (Å²) in [6, 6.07) is 8.93. The first-order valence-corrected chi connectivity index (χ1v) is 10.9. The highest BCUT2D eigenvalue weighted by Crippen LogP contribution is 2.41. The molecule has 1 aliphatic carbocycles. The number of piperazine rings is 1. The monoisotopic (exact) mass is 445 g/mol. The highest BCUT2D eigenvalue weighted by atomic mass is 16.2. The van der Waals surface area contributed by atoms with Gasteiger partial charge in [-0.05, 0) is 30.9 Å². The van der Waals surface area contributed by atoms with Crippen LogP contribution in [0.4, 0.5) is 10.6 Å². The lowest BCUT2D eigenvalue weighted by Gasteiger charge is -2.40. The Balaban J connectivity index is 1.28. The van der Waals surface area contributed by atoms with E-state index in [0.29, 0.717) is 38.3 Å². The van der Waals surface area contributed by atoms with Crippen molar-refractivity contribution in [3.8, 4) is 6.07 Å². The lowest BCUT2D eigenvalue weighted by atomic mass is 9.92. The molecule has 0 saturated carbocycles. The molecule has 2 saturated heterocycles. The van der Waals surface area contributed by atoms with Crippen molar-refractivity contribution in [1.29, 1.82) is 5.26 Å². The number of urea groups is 1. The van der Waals surface area contributed by atoms with Gasteiger partial charge in [0.05, 0.1) is 0 Å². The van der Waals surface area contributed by atoms with Crippen LogP contribution in [0.15, 0.2) is 36.7 Å². The van der Waals surface area contributed by atoms with Crippen LogP contribution in [0.25, 0.3) is 0 Å². The lowest BCUT2D eigenvalue weighted by molar-refractivity contribution is -0.140. The Bertz CT molecular complexity index is 1190. The van der Waals surface area contributed by atoms with Crippen molar-refractivity contribution in [2.45, 2.75) is 31.3 Å². The third kappa shape index (κ3) is 3.28. The number of aromatic nitrogens is 2. The largest absolute Gasteiger partial charge is 0.350 e. The smallest absolute Gasteiger partial charge is 0.325 e. The van der Waals surface area contributed by atoms with Crippen LogP contribution >= 0.6 is 0 Å². The second kappa shape index (κ2) is 7.85. The van der Waals surface area contributed by atoms with Gasteiger partial charge in [-0.1, -0.05) is 24.3 Å². The highest BCUT2D eigenvalue weighted by molar-refractivity contribution is 6.10. The van der Waals surface area contributed by atoms with Gasteiger partial charge in [-0.15, -0.1) is 0 Å². The molecule has 1 aromatic heterocycles. The van der Waals surface area contributed by atoms with Crippen molar-refractivity contribution in [2.75, 3.05) is 31.1 Å². The summed E-state index contributed by atoms with van der Waals surface area (Å²) < 4.78 is 0. The first-order valence-electron chi connectivity index (χ1n) is 10.9. The summed E-state index contributed by atoms with van der Waals surface area (Å²) in [5.41, 5.74) is 1.03. The molecule has 168 valence electrons. The Hall–Kier alpha value is -4.00. The van der Waals surface area contributed by atoms with E-state index < -0.39 is 11.6 Å². The van der Waals surface area contributed by atoms with Gasteiger partial charge in [0.1, 0.15) is 18.2 Å². The Morgan fingerprint density at radius 1 is 1.24 bits per heavy atom. The van der Waals surface area contributed by atoms with Crippen molar-refractivity contribution in [3.05, 3.63) is 53.5 Å². The van der Waals surface area contributed by atoms with E-state index in [1.165, 1.54) is 12.4 Å². The lowest BCUT2D eigenvalue weighted by Crippen LogP contribution is -2.56. The van der Waals surface area contributed by atoms with Crippen molar-refractivity contribution in [1.82, 2.24) is 25.1 Å². The fraction of sp³-hybridized carbons (Fsp3) is 0.391. The van der Waals surface area contributed by atoms with Gasteiger partial charge in [0, 0.05) is 38.1 Å². The normalized spacial score (nSPS) is 24.1. The van der Waals surface area contributed by atoms with Crippen LogP contribution in [-0.4, -0.2) is 69.8 Å². The van der Waals surface area contributed by atoms with Crippen LogP contribution in [0.5, 0.6) is 0 Å². The second-order valence-corrected chi connectivity index (χ2v) is 8.61. The summed E-state index contributed by atoms with van der Waals surface area (Å²) in [6.45, 7) is 2.93. The third-order valence-electron chi connectivity index (χ3n) is 6.75. The van der Waals surface area contributed by atoms with E-state index in [1.54, 1.807) is 4.90 Å². The van der Waals surface area contributed by atoms with Crippen LogP contribution in [0.2, 0.25) is 0 Å². The summed E-state index contributed by atoms with van der Waals surface area (Å²) in [5.74, 6) is -0.154. The number of rotatable bonds is 3. The third-order valence-corrected chi connectivity index (χ3v) is 6.75. The topological polar surface area (TPSA) is 123 Å². The van der Waals surface area contributed by atoms with E-state index in [4.69, 9.17) is 0 Å². The van der Waals surface area contributed by atoms with Gasteiger partial charge in [-0.2, -0.15) is 5.26 Å². The predicted molar refractivity (Wildman–Crippen MR) is 117 cm³/mol. The fourth-order valence-corrected chi connectivity index (χ4v) is 5.12. The van der Waals surface area contributed by atoms with Gasteiger partial charge in [-0.25, -0.2) is 14.8 Å². The van der Waals surface area contributed by atoms with E-state index in [-0.39, 0.29) is 30.1 Å². The van der Waals surface area contributed by atoms with Crippen LogP contribution in [0.1, 0.15) is 30.2 Å². The number of anilines is 1. The minimum atomic E-state index is -1.07. The zero-order valence-electron chi connectivity index (χ0n) is 18.2. The predicted octanol–water partition coefficient (Wildman–Crippen LogP) is 0.779. The Labute approximate surface area is 190 Å². The number of hydrogen-bond donors (Lipinski definition) is 1. The van der Waals surface area contributed by atoms with Gasteiger partial charge in [-0.3, -0.25) is 14.5 Å². The zero-order chi connectivity index (χ0) is 23.2. The molecule has 1 aromatic carbocycles. The number of carbonyl (C=O) groups is 3. The first-order chi connectivity index (χ1) is 15.9. The van der Waals surface area contributed by atoms with Gasteiger partial charge in [0.15, 0.2) is 11.5 Å². The number of imide groups is 1. The molecule has 2 atom stereocenters. The van der Waals surface area contributed by atoms with Gasteiger partial charge < -0.3 is 15.1 Å². The van der Waals surface area contributed by atoms with Crippen molar-refractivity contribution in [3.63, 3.8) is 0 Å². The van der Waals surface area contributed by atoms with E-state index in [1.807, 2.05) is 42.2 Å². The molecular weight excluding hydrogens is 422 g/mol. The number of hydrogen-bond acceptors (Lipinski definition) is 7. The number of nitrogens with one attached hydrogen (secondary N) is 1. The summed E-state index contributed by atoms with van der Waals surface area (Å²) in [4.78, 5) is 52.2. The molecule has 2 aromatic rings. The SMILES string of the molecule is CC1CN(c2nccnc2C#N)CCN1C(=O)CN1C(=O)NC2(CCc3ccccc32)C1=O. The van der Waals surface area contributed by atoms with E-state index in [9.17, 15) is 19.6 Å². The van der Waals surface area contributed by atoms with E-state index in [0.717, 1.165) is 16.0 Å². The maximum Gasteiger partial charge on any atom is 0.325 e. The fourth-order valence-electron chi connectivity index (χ4n) is 5.12. The number of carbonyl (C=O) groups excluding carboxylic acids is 3. The van der Waals surface area contributed by atoms with Crippen LogP contribution in [0, 0.1) is 11.3 Å². The molecule has 3 heterocycles. The summed E-state index contributed by atoms with van der Waals surface area (Å²) in [5, 5.41) is 12.2. The molecule has 1 N–H and O–H groups in total. The van der Waals surface area contributed by atoms with E-state index in [2.05, 4.69) is 15.3 Å². The van der Waals surface area contributed by atoms with Crippen molar-refractivity contribution < 1.29 is 14.4 Å². The standard InChI is InChI=1S/C23H23N7O3/c1-15-13-28(20-18(12-24)25-8-9-26-20)10-11-29(15)19(31)14-30-21(32)23(27-22(30)33)7-6-16-4-2-3-5-17(16)23/h2-5,8-9,15H,6-7,10-11,13-14H2,1H3,(H,27,33). The summed E-state index contributed by atoms with van der Waals surface area (Å²) in [7, 11) is 0. The summed E-state index contributed by atoms with van der Waals surface area (Å²) >= 11 is 0. The number of benzene rings is 1. The van der Waals surface area contributed by atoms with Crippen LogP contribution in [-0.2, 0) is 21.5 Å². The zero-order valence-corrected chi connectivity index (χ0v) is 18.2. The molecule has 4 amide bonds. The molecule has 2 unspecified atom stereocenters. The number of aryl methyl sites for hydroxylation is 1. The van der Waals surface area contributed by atoms with Crippen molar-refractivity contribution in [2.24, 2.45) is 0 Å². The molecular formula is C23H23N7O3. The average molecular weight is 445 g/mol. The quantitative estimate of drug-likeness (QED) is 0.693. The number of amides is 4. The number of nitrogens with zero attached hydrogens (tertiary/aromatic N) is 6. The minimum absolute atomic E-state index is 0.193. The molecule has 33 heavy (non-hydrogen) atoms. The second-order valence-electron chi connectivity index (χ2n) is 8.61. The molecule has 0 radical (unpaired) electrons. The Kier molecular flexibility index (Phi) is 4.96. The first kappa shape index (κ1) is 20.9. The van der Waals surface area contributed by atoms with Gasteiger partial charge >= 0.3 is 6.03 Å². The minimum Gasteiger partial charge on any atom is -0.350 e. The molecule has 10 heteroatoms. The van der Waals surface area contributed by atoms with E-state index >= 15 is 0 Å². The van der Waals surface area contributed by atoms with Crippen LogP contribution < -0.4 is 10.2 Å². The van der Waals surface area contributed by atoms with Gasteiger partial charge in [0.25, 0.3) is 5.91 Å². The number of nitriles is 1.